The largest absolute Gasteiger partial charge is 0.508 e. The highest BCUT2D eigenvalue weighted by Crippen LogP contribution is 2.50. The molecular formula is C86H94Cl2N12O21. The number of ether oxygens (including phenoxy) is 5. The number of aryl methyl sites for hydroxylation is 1. The standard InChI is InChI=1S/C86H94Cl2N12O21/c1-7-8-11-41-12-14-43(15-13-41)40-92-72-74(107)75(108)77(85(116)91-27-10-29-100(5)6)121-86(72)120-76-62-34-47-35-63(76)119-60-25-20-46(32-54(60)87)73(106)71-84(115)97-69(79(110)90-26-9-28-99(3)4)52-36-48(101)37-58(104)64(52)51-31-44(18-23-56(51)102)67(81(112)98-71)94-82(113)68(47)95-83(114)70-53-38-50(39-59(105)65(53)88)118-61-33-45(19-24-57(61)103)66(89-2)80(111)93-55(78(109)96-70)30-42-16-21-49(117-62)22-17-42/h12-25,31-39,55,66-75,77,86,89,92,101-108H,7-11,26-30,40H2,1-6H3,(H,90,110)(H,91,116)(H,93,111)(H,94,113)(H,95,114)(H,96,109)(H,97,115)(H,98,112)/t55?,66?,67?,68?,69-,70?,71?,72?,73?,74?,75?,77?,86?/m1/s1. The molecule has 7 aliphatic heterocycles. The zero-order valence-electron chi connectivity index (χ0n) is 66.6. The topological polar surface area (TPSA) is 471 Å². The van der Waals surface area contributed by atoms with Crippen molar-refractivity contribution < 1.29 is 103 Å². The van der Waals surface area contributed by atoms with Gasteiger partial charge >= 0.3 is 0 Å². The molecule has 0 aliphatic carbocycles. The number of hydrogen-bond donors (Lipinski definition) is 18. The van der Waals surface area contributed by atoms with Crippen molar-refractivity contribution in [3.8, 4) is 80.1 Å². The van der Waals surface area contributed by atoms with Crippen LogP contribution in [0.25, 0.3) is 11.1 Å². The summed E-state index contributed by atoms with van der Waals surface area (Å²) in [6, 6.07) is 16.0. The summed E-state index contributed by atoms with van der Waals surface area (Å²) in [6.45, 7) is 3.24. The lowest BCUT2D eigenvalue weighted by molar-refractivity contribution is -0.235. The van der Waals surface area contributed by atoms with E-state index >= 15 is 24.0 Å². The second-order valence-corrected chi connectivity index (χ2v) is 31.5. The van der Waals surface area contributed by atoms with Crippen LogP contribution >= 0.6 is 23.2 Å². The zero-order valence-corrected chi connectivity index (χ0v) is 68.1. The molecule has 35 heteroatoms. The van der Waals surface area contributed by atoms with E-state index in [9.17, 15) is 55.2 Å². The van der Waals surface area contributed by atoms with Crippen LogP contribution in [-0.2, 0) is 62.5 Å². The lowest BCUT2D eigenvalue weighted by atomic mass is 9.89. The van der Waals surface area contributed by atoms with Gasteiger partial charge in [0, 0.05) is 54.9 Å². The van der Waals surface area contributed by atoms with Crippen LogP contribution in [0.5, 0.6) is 69.0 Å². The first kappa shape index (κ1) is 86.8. The summed E-state index contributed by atoms with van der Waals surface area (Å²) in [6.07, 6.45) is -6.50. The summed E-state index contributed by atoms with van der Waals surface area (Å²) < 4.78 is 33.6. The minimum absolute atomic E-state index is 0.00273. The van der Waals surface area contributed by atoms with Gasteiger partial charge in [0.2, 0.25) is 53.4 Å². The van der Waals surface area contributed by atoms with Crippen LogP contribution < -0.4 is 72.1 Å². The summed E-state index contributed by atoms with van der Waals surface area (Å²) in [5, 5.41) is 123. The Balaban J connectivity index is 1.05. The normalized spacial score (nSPS) is 22.8. The molecule has 17 bridgehead atoms. The highest BCUT2D eigenvalue weighted by Gasteiger charge is 2.50. The fourth-order valence-corrected chi connectivity index (χ4v) is 15.4. The average Bonchev–Trinajstić information content (AvgIpc) is 0.758. The van der Waals surface area contributed by atoms with E-state index in [-0.39, 0.29) is 93.0 Å². The number of likely N-dealkylation sites (N-methyl/N-ethyl adjacent to an activating group) is 1. The Morgan fingerprint density at radius 3 is 1.84 bits per heavy atom. The van der Waals surface area contributed by atoms with Crippen LogP contribution in [0, 0.1) is 0 Å². The number of aliphatic hydroxyl groups excluding tert-OH is 3. The van der Waals surface area contributed by atoms with Crippen LogP contribution in [0.2, 0.25) is 10.0 Å². The van der Waals surface area contributed by atoms with Gasteiger partial charge in [-0.05, 0) is 191 Å². The van der Waals surface area contributed by atoms with Crippen molar-refractivity contribution in [2.75, 3.05) is 61.4 Å². The van der Waals surface area contributed by atoms with Crippen LogP contribution in [-0.4, -0.2) is 202 Å². The van der Waals surface area contributed by atoms with Gasteiger partial charge in [0.25, 0.3) is 5.91 Å². The Hall–Kier alpha value is -12.0. The van der Waals surface area contributed by atoms with Crippen molar-refractivity contribution >= 4 is 70.5 Å². The van der Waals surface area contributed by atoms with E-state index in [0.29, 0.717) is 37.1 Å². The maximum absolute atomic E-state index is 16.7. The molecule has 8 aromatic carbocycles. The zero-order chi connectivity index (χ0) is 86.4. The number of carbonyl (C=O) groups is 8. The predicted octanol–water partition coefficient (Wildman–Crippen LogP) is 5.92. The summed E-state index contributed by atoms with van der Waals surface area (Å²) >= 11 is 14.4. The number of benzene rings is 8. The van der Waals surface area contributed by atoms with E-state index in [1.54, 1.807) is 0 Å². The van der Waals surface area contributed by atoms with Crippen molar-refractivity contribution in [1.82, 2.24) is 63.0 Å². The molecule has 1 fully saturated rings. The van der Waals surface area contributed by atoms with Crippen LogP contribution in [0.4, 0.5) is 0 Å². The van der Waals surface area contributed by atoms with Crippen molar-refractivity contribution in [3.05, 3.63) is 200 Å². The fourth-order valence-electron chi connectivity index (χ4n) is 15.0. The Labute approximate surface area is 705 Å². The fraction of sp³-hybridized carbons (Fsp3) is 0.349. The van der Waals surface area contributed by atoms with Crippen molar-refractivity contribution in [3.63, 3.8) is 0 Å². The van der Waals surface area contributed by atoms with E-state index in [1.807, 2.05) is 62.3 Å². The number of hydrogen-bond acceptors (Lipinski definition) is 25. The molecule has 121 heavy (non-hydrogen) atoms. The van der Waals surface area contributed by atoms with Crippen molar-refractivity contribution in [2.45, 2.75) is 131 Å². The Morgan fingerprint density at radius 2 is 1.16 bits per heavy atom. The van der Waals surface area contributed by atoms with Crippen LogP contribution in [0.3, 0.4) is 0 Å². The minimum atomic E-state index is -2.32. The second-order valence-electron chi connectivity index (χ2n) is 30.7. The van der Waals surface area contributed by atoms with E-state index in [2.05, 4.69) is 60.1 Å². The third kappa shape index (κ3) is 19.7. The number of aliphatic hydroxyl groups is 3. The van der Waals surface area contributed by atoms with Gasteiger partial charge in [-0.1, -0.05) is 91.1 Å². The number of amides is 8. The van der Waals surface area contributed by atoms with Crippen molar-refractivity contribution in [2.24, 2.45) is 0 Å². The molecule has 0 saturated carbocycles. The second kappa shape index (κ2) is 37.7. The number of fused-ring (bicyclic) bond motifs is 14. The van der Waals surface area contributed by atoms with Gasteiger partial charge in [-0.3, -0.25) is 38.4 Å². The molecule has 1 saturated heterocycles. The van der Waals surface area contributed by atoms with Gasteiger partial charge < -0.3 is 128 Å². The smallest absolute Gasteiger partial charge is 0.252 e. The summed E-state index contributed by atoms with van der Waals surface area (Å²) in [4.78, 5) is 128. The Kier molecular flexibility index (Phi) is 27.1. The molecule has 12 unspecified atom stereocenters. The lowest BCUT2D eigenvalue weighted by Gasteiger charge is -2.42. The number of unbranched alkanes of at least 4 members (excludes halogenated alkanes) is 1. The summed E-state index contributed by atoms with van der Waals surface area (Å²) in [5.74, 6) is -14.5. The predicted molar refractivity (Wildman–Crippen MR) is 440 cm³/mol. The molecule has 8 amide bonds. The molecule has 0 aromatic heterocycles. The number of nitrogens with zero attached hydrogens (tertiary/aromatic N) is 2. The maximum Gasteiger partial charge on any atom is 0.252 e. The van der Waals surface area contributed by atoms with Gasteiger partial charge in [0.05, 0.1) is 16.1 Å². The molecule has 8 aromatic rings. The number of carbonyl (C=O) groups excluding carboxylic acids is 8. The van der Waals surface area contributed by atoms with Crippen LogP contribution in [0.15, 0.2) is 140 Å². The first-order valence-electron chi connectivity index (χ1n) is 39.3. The average molecular weight is 1700 g/mol. The Bertz CT molecular complexity index is 5260. The number of aromatic hydroxyl groups is 5. The number of phenolic OH excluding ortho intramolecular Hbond substituents is 5. The van der Waals surface area contributed by atoms with E-state index < -0.39 is 183 Å². The molecule has 7 heterocycles. The van der Waals surface area contributed by atoms with E-state index in [0.717, 1.165) is 67.3 Å². The first-order valence-corrected chi connectivity index (χ1v) is 40.0. The maximum atomic E-state index is 16.7. The Morgan fingerprint density at radius 1 is 0.537 bits per heavy atom. The monoisotopic (exact) mass is 1700 g/mol. The highest BCUT2D eigenvalue weighted by molar-refractivity contribution is 6.33. The van der Waals surface area contributed by atoms with Gasteiger partial charge in [0.15, 0.2) is 29.1 Å². The number of phenols is 5. The third-order valence-corrected chi connectivity index (χ3v) is 22.1. The lowest BCUT2D eigenvalue weighted by Crippen LogP contribution is -2.66. The molecule has 638 valence electrons. The molecule has 13 atom stereocenters. The summed E-state index contributed by atoms with van der Waals surface area (Å²) in [5.41, 5.74) is 0.0222. The van der Waals surface area contributed by atoms with Gasteiger partial charge in [0.1, 0.15) is 101 Å². The summed E-state index contributed by atoms with van der Waals surface area (Å²) in [7, 11) is 8.78. The molecule has 18 N–H and O–H groups in total. The minimum Gasteiger partial charge on any atom is -0.508 e. The SMILES string of the molecule is CCCCc1ccc(CNC2C(Oc3c4cc5cc3Oc3ccc(cc3Cl)C(O)C3NC(=O)C(NC(=O)C5NC(=O)C5NC(=O)C(Cc6ccc(cc6)O4)NC(=O)C(NC)c4ccc(O)c(c4)Oc4cc(O)c(Cl)c5c4)c4ccc(O)c(c4)-c4c(O)cc(O)cc4[C@H](C(=O)NCCCN(C)C)NC3=O)OC(C(=O)NCCCN(C)C)C(O)C2O)cc1. The van der Waals surface area contributed by atoms with Crippen molar-refractivity contribution in [1.29, 1.82) is 0 Å². The number of nitrogens with one attached hydrogen (secondary N) is 10. The molecule has 7 aliphatic rings. The van der Waals surface area contributed by atoms with Crippen LogP contribution in [0.1, 0.15) is 119 Å². The first-order chi connectivity index (χ1) is 57.9. The van der Waals surface area contributed by atoms with E-state index in [1.165, 1.54) is 79.8 Å². The highest BCUT2D eigenvalue weighted by atomic mass is 35.5. The molecule has 0 spiro atoms. The molecule has 0 radical (unpaired) electrons. The van der Waals surface area contributed by atoms with E-state index in [4.69, 9.17) is 46.9 Å². The quantitative estimate of drug-likeness (QED) is 0.0418. The van der Waals surface area contributed by atoms with Gasteiger partial charge in [-0.15, -0.1) is 0 Å². The van der Waals surface area contributed by atoms with Gasteiger partial charge in [-0.25, -0.2) is 0 Å². The molecule has 15 rings (SSSR count). The van der Waals surface area contributed by atoms with Gasteiger partial charge in [-0.2, -0.15) is 0 Å². The molecule has 33 nitrogen and oxygen atoms in total. The third-order valence-electron chi connectivity index (χ3n) is 21.4. The molecular weight excluding hydrogens is 1610 g/mol. The number of halogens is 2. The number of rotatable bonds is 19.